The van der Waals surface area contributed by atoms with Crippen LogP contribution >= 0.6 is 11.3 Å². The van der Waals surface area contributed by atoms with E-state index in [9.17, 15) is 18.0 Å². The number of benzene rings is 2. The van der Waals surface area contributed by atoms with Crippen molar-refractivity contribution >= 4 is 43.5 Å². The average molecular weight is 434 g/mol. The molecule has 29 heavy (non-hydrogen) atoms. The largest absolute Gasteiger partial charge is 0.468 e. The fourth-order valence-corrected chi connectivity index (χ4v) is 4.87. The Hall–Kier alpha value is -2.98. The van der Waals surface area contributed by atoms with Gasteiger partial charge in [-0.25, -0.2) is 4.79 Å². The van der Waals surface area contributed by atoms with Crippen LogP contribution in [0.5, 0.6) is 0 Å². The molecule has 0 saturated heterocycles. The van der Waals surface area contributed by atoms with Crippen molar-refractivity contribution < 1.29 is 27.5 Å². The molecule has 10 heteroatoms. The molecule has 1 heterocycles. The molecule has 0 atom stereocenters. The molecule has 0 unspecified atom stereocenters. The van der Waals surface area contributed by atoms with E-state index in [1.54, 1.807) is 43.3 Å². The van der Waals surface area contributed by atoms with Crippen LogP contribution in [0.2, 0.25) is 0 Å². The summed E-state index contributed by atoms with van der Waals surface area (Å²) in [5.41, 5.74) is 0.874. The highest BCUT2D eigenvalue weighted by molar-refractivity contribution is 7.90. The van der Waals surface area contributed by atoms with Crippen molar-refractivity contribution in [1.82, 2.24) is 4.57 Å². The van der Waals surface area contributed by atoms with Gasteiger partial charge in [-0.2, -0.15) is 8.42 Å². The minimum atomic E-state index is -3.99. The molecule has 3 rings (SSSR count). The first-order valence-corrected chi connectivity index (χ1v) is 10.8. The van der Waals surface area contributed by atoms with Crippen molar-refractivity contribution in [2.45, 2.75) is 18.4 Å². The van der Waals surface area contributed by atoms with E-state index in [1.807, 2.05) is 0 Å². The van der Waals surface area contributed by atoms with Gasteiger partial charge in [0.25, 0.3) is 10.0 Å². The van der Waals surface area contributed by atoms with E-state index in [0.717, 1.165) is 11.3 Å². The quantitative estimate of drug-likeness (QED) is 0.552. The molecule has 1 aromatic heterocycles. The van der Waals surface area contributed by atoms with Gasteiger partial charge in [-0.1, -0.05) is 29.5 Å². The van der Waals surface area contributed by atoms with Crippen molar-refractivity contribution in [2.75, 3.05) is 13.7 Å². The van der Waals surface area contributed by atoms with Crippen molar-refractivity contribution in [3.63, 3.8) is 0 Å². The maximum Gasteiger partial charge on any atom is 0.338 e. The summed E-state index contributed by atoms with van der Waals surface area (Å²) in [6.07, 6.45) is 0. The molecule has 3 aromatic rings. The minimum Gasteiger partial charge on any atom is -0.468 e. The number of carbonyl (C=O) groups is 2. The topological polar surface area (TPSA) is 104 Å². The number of nitrogens with zero attached hydrogens (tertiary/aromatic N) is 2. The highest BCUT2D eigenvalue weighted by atomic mass is 32.2. The number of hydrogen-bond acceptors (Lipinski definition) is 7. The summed E-state index contributed by atoms with van der Waals surface area (Å²) < 4.78 is 41.0. The number of esters is 2. The third-order valence-corrected chi connectivity index (χ3v) is 6.39. The fourth-order valence-electron chi connectivity index (χ4n) is 2.58. The second-order valence-electron chi connectivity index (χ2n) is 5.83. The second kappa shape index (κ2) is 8.58. The number of hydrogen-bond donors (Lipinski definition) is 0. The molecule has 0 fully saturated rings. The number of fused-ring (bicyclic) bond motifs is 1. The number of carbonyl (C=O) groups excluding carboxylic acids is 2. The fraction of sp³-hybridized carbons (Fsp3) is 0.211. The van der Waals surface area contributed by atoms with Gasteiger partial charge in [-0.15, -0.1) is 4.40 Å². The molecule has 8 nitrogen and oxygen atoms in total. The Morgan fingerprint density at radius 3 is 2.52 bits per heavy atom. The summed E-state index contributed by atoms with van der Waals surface area (Å²) in [4.78, 5) is 24.0. The summed E-state index contributed by atoms with van der Waals surface area (Å²) >= 11 is 1.05. The van der Waals surface area contributed by atoms with Crippen molar-refractivity contribution in [3.8, 4) is 0 Å². The minimum absolute atomic E-state index is 0.0364. The molecule has 2 aromatic carbocycles. The van der Waals surface area contributed by atoms with Crippen LogP contribution in [0.1, 0.15) is 17.3 Å². The van der Waals surface area contributed by atoms with Gasteiger partial charge in [0.1, 0.15) is 6.54 Å². The van der Waals surface area contributed by atoms with Gasteiger partial charge in [-0.3, -0.25) is 4.79 Å². The Labute approximate surface area is 171 Å². The van der Waals surface area contributed by atoms with E-state index in [4.69, 9.17) is 9.47 Å². The standard InChI is InChI=1S/C19H18N2O6S2/c1-3-27-18(23)13-9-10-15-16(11-13)28-19(21(15)12-17(22)26-2)20-29(24,25)14-7-5-4-6-8-14/h4-11H,3,12H2,1-2H3. The van der Waals surface area contributed by atoms with Crippen LogP contribution in [0.4, 0.5) is 0 Å². The summed E-state index contributed by atoms with van der Waals surface area (Å²) in [6, 6.07) is 12.5. The lowest BCUT2D eigenvalue weighted by Gasteiger charge is -2.05. The van der Waals surface area contributed by atoms with E-state index >= 15 is 0 Å². The van der Waals surface area contributed by atoms with Crippen molar-refractivity contribution in [2.24, 2.45) is 4.40 Å². The second-order valence-corrected chi connectivity index (χ2v) is 8.44. The predicted octanol–water partition coefficient (Wildman–Crippen LogP) is 2.34. The maximum absolute atomic E-state index is 12.7. The van der Waals surface area contributed by atoms with Crippen molar-refractivity contribution in [1.29, 1.82) is 0 Å². The van der Waals surface area contributed by atoms with Gasteiger partial charge in [0.05, 0.1) is 34.4 Å². The molecule has 0 aliphatic heterocycles. The van der Waals surface area contributed by atoms with Crippen LogP contribution in [0.25, 0.3) is 10.2 Å². The third kappa shape index (κ3) is 4.54. The smallest absolute Gasteiger partial charge is 0.338 e. The molecule has 0 bridgehead atoms. The number of rotatable bonds is 6. The molecule has 0 aliphatic rings. The van der Waals surface area contributed by atoms with Crippen LogP contribution in [-0.2, 0) is 30.8 Å². The Balaban J connectivity index is 2.20. The Bertz CT molecular complexity index is 1230. The zero-order valence-corrected chi connectivity index (χ0v) is 17.3. The Morgan fingerprint density at radius 1 is 1.14 bits per heavy atom. The Kier molecular flexibility index (Phi) is 6.14. The molecule has 0 radical (unpaired) electrons. The van der Waals surface area contributed by atoms with Gasteiger partial charge in [-0.05, 0) is 37.3 Å². The average Bonchev–Trinajstić information content (AvgIpc) is 3.04. The molecule has 0 saturated carbocycles. The highest BCUT2D eigenvalue weighted by Crippen LogP contribution is 2.21. The molecule has 0 spiro atoms. The van der Waals surface area contributed by atoms with Gasteiger partial charge in [0, 0.05) is 0 Å². The van der Waals surface area contributed by atoms with Crippen LogP contribution in [0, 0.1) is 0 Å². The lowest BCUT2D eigenvalue weighted by atomic mass is 10.2. The highest BCUT2D eigenvalue weighted by Gasteiger charge is 2.17. The Morgan fingerprint density at radius 2 is 1.86 bits per heavy atom. The third-order valence-electron chi connectivity index (χ3n) is 3.95. The monoisotopic (exact) mass is 434 g/mol. The first-order chi connectivity index (χ1) is 13.9. The summed E-state index contributed by atoms with van der Waals surface area (Å²) in [7, 11) is -2.75. The van der Waals surface area contributed by atoms with Crippen LogP contribution < -0.4 is 4.80 Å². The van der Waals surface area contributed by atoms with E-state index in [0.29, 0.717) is 15.8 Å². The van der Waals surface area contributed by atoms with E-state index < -0.39 is 22.0 Å². The summed E-state index contributed by atoms with van der Waals surface area (Å²) in [6.45, 7) is 1.72. The van der Waals surface area contributed by atoms with Crippen LogP contribution in [0.15, 0.2) is 57.8 Å². The molecule has 0 N–H and O–H groups in total. The van der Waals surface area contributed by atoms with Crippen LogP contribution in [0.3, 0.4) is 0 Å². The summed E-state index contributed by atoms with van der Waals surface area (Å²) in [5, 5.41) is 0. The SMILES string of the molecule is CCOC(=O)c1ccc2c(c1)sc(=NS(=O)(=O)c1ccccc1)n2CC(=O)OC. The van der Waals surface area contributed by atoms with E-state index in [1.165, 1.54) is 23.8 Å². The number of sulfonamides is 1. The van der Waals surface area contributed by atoms with Crippen LogP contribution in [-0.4, -0.2) is 38.6 Å². The molecule has 0 amide bonds. The number of thiazole rings is 1. The zero-order chi connectivity index (χ0) is 21.0. The number of ether oxygens (including phenoxy) is 2. The maximum atomic E-state index is 12.7. The number of methoxy groups -OCH3 is 1. The number of aromatic nitrogens is 1. The zero-order valence-electron chi connectivity index (χ0n) is 15.7. The molecular weight excluding hydrogens is 416 g/mol. The van der Waals surface area contributed by atoms with Gasteiger partial charge in [0.2, 0.25) is 4.80 Å². The lowest BCUT2D eigenvalue weighted by Crippen LogP contribution is -2.22. The van der Waals surface area contributed by atoms with Crippen molar-refractivity contribution in [3.05, 3.63) is 58.9 Å². The predicted molar refractivity (Wildman–Crippen MR) is 107 cm³/mol. The molecule has 0 aliphatic carbocycles. The lowest BCUT2D eigenvalue weighted by molar-refractivity contribution is -0.141. The normalized spacial score (nSPS) is 12.1. The molecular formula is C19H18N2O6S2. The van der Waals surface area contributed by atoms with Gasteiger partial charge < -0.3 is 14.0 Å². The van der Waals surface area contributed by atoms with Gasteiger partial charge >= 0.3 is 11.9 Å². The first kappa shape index (κ1) is 20.7. The first-order valence-electron chi connectivity index (χ1n) is 8.59. The van der Waals surface area contributed by atoms with E-state index in [-0.39, 0.29) is 22.8 Å². The van der Waals surface area contributed by atoms with E-state index in [2.05, 4.69) is 4.40 Å². The van der Waals surface area contributed by atoms with Gasteiger partial charge in [0.15, 0.2) is 0 Å². The summed E-state index contributed by atoms with van der Waals surface area (Å²) in [5.74, 6) is -1.05. The molecule has 152 valence electrons.